The first-order valence-electron chi connectivity index (χ1n) is 8.27. The molecule has 0 bridgehead atoms. The number of halogens is 7. The number of carbonyl (C=O) groups is 1. The van der Waals surface area contributed by atoms with Crippen molar-refractivity contribution in [1.82, 2.24) is 0 Å². The van der Waals surface area contributed by atoms with Gasteiger partial charge in [0.15, 0.2) is 0 Å². The van der Waals surface area contributed by atoms with Gasteiger partial charge in [-0.2, -0.15) is 26.3 Å². The SMILES string of the molecule is O=CC1COc2cc(OCc3ccc(C(F)(F)F)cc3C(F)(F)F)ccc2C1Cl. The largest absolute Gasteiger partial charge is 0.492 e. The van der Waals surface area contributed by atoms with E-state index in [9.17, 15) is 31.1 Å². The first kappa shape index (κ1) is 21.3. The van der Waals surface area contributed by atoms with Crippen LogP contribution in [0.15, 0.2) is 36.4 Å². The first-order valence-corrected chi connectivity index (χ1v) is 8.70. The summed E-state index contributed by atoms with van der Waals surface area (Å²) in [5.74, 6) is -0.0633. The predicted molar refractivity (Wildman–Crippen MR) is 90.9 cm³/mol. The fourth-order valence-electron chi connectivity index (χ4n) is 2.87. The molecule has 3 rings (SSSR count). The fourth-order valence-corrected chi connectivity index (χ4v) is 3.18. The average molecular weight is 439 g/mol. The molecule has 3 nitrogen and oxygen atoms in total. The summed E-state index contributed by atoms with van der Waals surface area (Å²) >= 11 is 6.19. The molecule has 2 unspecified atom stereocenters. The predicted octanol–water partition coefficient (Wildman–Crippen LogP) is 5.79. The van der Waals surface area contributed by atoms with Crippen LogP contribution >= 0.6 is 11.6 Å². The van der Waals surface area contributed by atoms with Gasteiger partial charge in [-0.15, -0.1) is 11.6 Å². The molecular formula is C19H13ClF6O3. The van der Waals surface area contributed by atoms with Gasteiger partial charge in [0, 0.05) is 17.2 Å². The van der Waals surface area contributed by atoms with Gasteiger partial charge in [0.05, 0.1) is 29.0 Å². The number of aldehydes is 1. The maximum atomic E-state index is 13.2. The van der Waals surface area contributed by atoms with Crippen molar-refractivity contribution >= 4 is 17.9 Å². The number of hydrogen-bond donors (Lipinski definition) is 0. The van der Waals surface area contributed by atoms with Crippen LogP contribution in [0.2, 0.25) is 0 Å². The van der Waals surface area contributed by atoms with E-state index >= 15 is 0 Å². The van der Waals surface area contributed by atoms with Crippen LogP contribution in [-0.2, 0) is 23.8 Å². The summed E-state index contributed by atoms with van der Waals surface area (Å²) in [6.45, 7) is -0.557. The number of rotatable bonds is 4. The molecule has 0 saturated carbocycles. The van der Waals surface area contributed by atoms with Crippen molar-refractivity contribution in [2.24, 2.45) is 5.92 Å². The van der Waals surface area contributed by atoms with Crippen molar-refractivity contribution in [3.05, 3.63) is 58.7 Å². The molecule has 1 aliphatic rings. The highest BCUT2D eigenvalue weighted by molar-refractivity contribution is 6.22. The monoisotopic (exact) mass is 438 g/mol. The number of benzene rings is 2. The van der Waals surface area contributed by atoms with E-state index in [2.05, 4.69) is 0 Å². The maximum absolute atomic E-state index is 13.2. The van der Waals surface area contributed by atoms with Gasteiger partial charge in [-0.3, -0.25) is 0 Å². The second-order valence-corrected chi connectivity index (χ2v) is 6.84. The molecule has 0 aromatic heterocycles. The zero-order valence-corrected chi connectivity index (χ0v) is 15.2. The number of hydrogen-bond acceptors (Lipinski definition) is 3. The standard InChI is InChI=1S/C19H13ClF6O3/c20-17-11(7-27)9-29-16-6-13(3-4-14(16)17)28-8-10-1-2-12(18(21,22)23)5-15(10)19(24,25)26/h1-7,11,17H,8-9H2. The Hall–Kier alpha value is -2.42. The van der Waals surface area contributed by atoms with E-state index in [1.807, 2.05) is 0 Å². The topological polar surface area (TPSA) is 35.5 Å². The molecular weight excluding hydrogens is 426 g/mol. The van der Waals surface area contributed by atoms with Crippen molar-refractivity contribution < 1.29 is 40.6 Å². The lowest BCUT2D eigenvalue weighted by Crippen LogP contribution is -2.24. The van der Waals surface area contributed by atoms with Crippen LogP contribution in [0.25, 0.3) is 0 Å². The van der Waals surface area contributed by atoms with Gasteiger partial charge in [-0.05, 0) is 18.2 Å². The van der Waals surface area contributed by atoms with Crippen molar-refractivity contribution in [2.75, 3.05) is 6.61 Å². The van der Waals surface area contributed by atoms with E-state index < -0.39 is 46.9 Å². The summed E-state index contributed by atoms with van der Waals surface area (Å²) in [6, 6.07) is 5.73. The molecule has 2 atom stereocenters. The number of ether oxygens (including phenoxy) is 2. The Bertz CT molecular complexity index is 910. The van der Waals surface area contributed by atoms with Gasteiger partial charge in [0.2, 0.25) is 0 Å². The minimum Gasteiger partial charge on any atom is -0.492 e. The fraction of sp³-hybridized carbons (Fsp3) is 0.316. The first-order chi connectivity index (χ1) is 13.5. The molecule has 0 spiro atoms. The summed E-state index contributed by atoms with van der Waals surface area (Å²) in [5.41, 5.74) is -2.72. The van der Waals surface area contributed by atoms with Crippen molar-refractivity contribution in [3.8, 4) is 11.5 Å². The quantitative estimate of drug-likeness (QED) is 0.344. The van der Waals surface area contributed by atoms with Gasteiger partial charge in [0.1, 0.15) is 24.4 Å². The highest BCUT2D eigenvalue weighted by atomic mass is 35.5. The molecule has 156 valence electrons. The summed E-state index contributed by atoms with van der Waals surface area (Å²) in [4.78, 5) is 11.0. The molecule has 0 saturated heterocycles. The van der Waals surface area contributed by atoms with Crippen LogP contribution in [0.5, 0.6) is 11.5 Å². The molecule has 0 radical (unpaired) electrons. The number of alkyl halides is 7. The van der Waals surface area contributed by atoms with E-state index in [1.165, 1.54) is 18.2 Å². The smallest absolute Gasteiger partial charge is 0.416 e. The van der Waals surface area contributed by atoms with Crippen LogP contribution in [0.4, 0.5) is 26.3 Å². The second kappa shape index (κ2) is 7.78. The molecule has 2 aromatic carbocycles. The van der Waals surface area contributed by atoms with Crippen molar-refractivity contribution in [1.29, 1.82) is 0 Å². The molecule has 1 aliphatic heterocycles. The van der Waals surface area contributed by atoms with Crippen LogP contribution in [0.1, 0.15) is 27.6 Å². The van der Waals surface area contributed by atoms with Gasteiger partial charge in [0.25, 0.3) is 0 Å². The van der Waals surface area contributed by atoms with Gasteiger partial charge in [-0.25, -0.2) is 0 Å². The molecule has 2 aromatic rings. The lowest BCUT2D eigenvalue weighted by Gasteiger charge is -2.26. The van der Waals surface area contributed by atoms with E-state index in [0.717, 1.165) is 6.07 Å². The van der Waals surface area contributed by atoms with Gasteiger partial charge in [-0.1, -0.05) is 12.1 Å². The molecule has 0 fully saturated rings. The lowest BCUT2D eigenvalue weighted by atomic mass is 9.97. The lowest BCUT2D eigenvalue weighted by molar-refractivity contribution is -0.143. The average Bonchev–Trinajstić information content (AvgIpc) is 2.65. The van der Waals surface area contributed by atoms with Crippen LogP contribution in [0, 0.1) is 5.92 Å². The Labute approximate surface area is 166 Å². The van der Waals surface area contributed by atoms with Crippen molar-refractivity contribution in [2.45, 2.75) is 24.3 Å². The summed E-state index contributed by atoms with van der Waals surface area (Å²) in [5, 5.41) is -0.614. The maximum Gasteiger partial charge on any atom is 0.416 e. The zero-order valence-electron chi connectivity index (χ0n) is 14.5. The van der Waals surface area contributed by atoms with E-state index in [1.54, 1.807) is 0 Å². The Morgan fingerprint density at radius 2 is 1.79 bits per heavy atom. The minimum atomic E-state index is -4.98. The van der Waals surface area contributed by atoms with Crippen LogP contribution in [-0.4, -0.2) is 12.9 Å². The highest BCUT2D eigenvalue weighted by Gasteiger charge is 2.38. The highest BCUT2D eigenvalue weighted by Crippen LogP contribution is 2.41. The normalized spacial score (nSPS) is 19.3. The molecule has 1 heterocycles. The third kappa shape index (κ3) is 4.60. The second-order valence-electron chi connectivity index (χ2n) is 6.37. The number of carbonyl (C=O) groups excluding carboxylic acids is 1. The molecule has 0 amide bonds. The minimum absolute atomic E-state index is 0.0469. The molecule has 0 aliphatic carbocycles. The van der Waals surface area contributed by atoms with Crippen LogP contribution < -0.4 is 9.47 Å². The third-order valence-corrected chi connectivity index (χ3v) is 4.96. The molecule has 29 heavy (non-hydrogen) atoms. The van der Waals surface area contributed by atoms with E-state index in [0.29, 0.717) is 23.7 Å². The van der Waals surface area contributed by atoms with Crippen molar-refractivity contribution in [3.63, 3.8) is 0 Å². The Balaban J connectivity index is 1.82. The number of fused-ring (bicyclic) bond motifs is 1. The van der Waals surface area contributed by atoms with Gasteiger partial charge < -0.3 is 14.3 Å². The summed E-state index contributed by atoms with van der Waals surface area (Å²) < 4.78 is 88.6. The Morgan fingerprint density at radius 1 is 1.07 bits per heavy atom. The summed E-state index contributed by atoms with van der Waals surface area (Å²) in [6.07, 6.45) is -9.20. The van der Waals surface area contributed by atoms with Crippen LogP contribution in [0.3, 0.4) is 0 Å². The zero-order chi connectivity index (χ0) is 21.4. The Morgan fingerprint density at radius 3 is 2.41 bits per heavy atom. The molecule has 10 heteroatoms. The third-order valence-electron chi connectivity index (χ3n) is 4.40. The molecule has 0 N–H and O–H groups in total. The Kier molecular flexibility index (Phi) is 5.71. The van der Waals surface area contributed by atoms with E-state index in [-0.39, 0.29) is 18.4 Å². The summed E-state index contributed by atoms with van der Waals surface area (Å²) in [7, 11) is 0. The van der Waals surface area contributed by atoms with Gasteiger partial charge >= 0.3 is 12.4 Å². The van der Waals surface area contributed by atoms with E-state index in [4.69, 9.17) is 21.1 Å².